The fraction of sp³-hybridized carbons (Fsp3) is 0.545. The van der Waals surface area contributed by atoms with Crippen molar-refractivity contribution in [3.05, 3.63) is 53.9 Å². The van der Waals surface area contributed by atoms with Crippen LogP contribution in [0, 0.1) is 11.8 Å². The number of aromatic nitrogens is 2. The molecule has 0 fully saturated rings. The lowest BCUT2D eigenvalue weighted by molar-refractivity contribution is 0.243. The van der Waals surface area contributed by atoms with E-state index in [0.717, 1.165) is 38.4 Å². The second-order valence-corrected chi connectivity index (χ2v) is 7.61. The predicted molar refractivity (Wildman–Crippen MR) is 131 cm³/mol. The summed E-state index contributed by atoms with van der Waals surface area (Å²) < 4.78 is 1.92. The number of guanidine groups is 1. The monoisotopic (exact) mass is 513 g/mol. The molecule has 1 unspecified atom stereocenters. The second kappa shape index (κ2) is 14.4. The van der Waals surface area contributed by atoms with E-state index in [1.54, 1.807) is 6.20 Å². The van der Waals surface area contributed by atoms with Gasteiger partial charge in [0.2, 0.25) is 0 Å². The van der Waals surface area contributed by atoms with E-state index in [9.17, 15) is 5.11 Å². The van der Waals surface area contributed by atoms with Crippen LogP contribution in [0.5, 0.6) is 0 Å². The zero-order valence-corrected chi connectivity index (χ0v) is 20.2. The molecule has 1 atom stereocenters. The standard InChI is InChI=1S/C22H35N5O.HI/c1-4-23-22(25-16-20(9-12-28)13-18(2)3)24-15-19-7-5-8-21(14-19)17-27-11-6-10-26-27;/h5-8,10-11,14,18,20,28H,4,9,12-13,15-17H2,1-3H3,(H2,23,24,25);1H. The molecule has 0 bridgehead atoms. The van der Waals surface area contributed by atoms with Gasteiger partial charge in [-0.15, -0.1) is 24.0 Å². The van der Waals surface area contributed by atoms with Crippen LogP contribution in [0.4, 0.5) is 0 Å². The van der Waals surface area contributed by atoms with Gasteiger partial charge in [-0.1, -0.05) is 38.1 Å². The number of aliphatic hydroxyl groups is 1. The van der Waals surface area contributed by atoms with Gasteiger partial charge in [0.25, 0.3) is 0 Å². The zero-order chi connectivity index (χ0) is 20.2. The van der Waals surface area contributed by atoms with Crippen molar-refractivity contribution in [3.63, 3.8) is 0 Å². The molecule has 3 N–H and O–H groups in total. The first-order valence-electron chi connectivity index (χ1n) is 10.3. The smallest absolute Gasteiger partial charge is 0.191 e. The summed E-state index contributed by atoms with van der Waals surface area (Å²) in [6.45, 7) is 9.78. The van der Waals surface area contributed by atoms with Crippen LogP contribution in [-0.2, 0) is 13.1 Å². The van der Waals surface area contributed by atoms with Crippen molar-refractivity contribution < 1.29 is 5.11 Å². The molecule has 1 aromatic heterocycles. The molecule has 0 saturated heterocycles. The fourth-order valence-electron chi connectivity index (χ4n) is 3.31. The Balaban J connectivity index is 0.00000420. The second-order valence-electron chi connectivity index (χ2n) is 7.61. The topological polar surface area (TPSA) is 74.5 Å². The van der Waals surface area contributed by atoms with Gasteiger partial charge in [-0.05, 0) is 48.8 Å². The van der Waals surface area contributed by atoms with Gasteiger partial charge in [-0.3, -0.25) is 4.68 Å². The number of hydrogen-bond donors (Lipinski definition) is 3. The average Bonchev–Trinajstić information content (AvgIpc) is 3.17. The van der Waals surface area contributed by atoms with Crippen LogP contribution in [0.3, 0.4) is 0 Å². The summed E-state index contributed by atoms with van der Waals surface area (Å²) in [6.07, 6.45) is 5.69. The Hall–Kier alpha value is -1.61. The zero-order valence-electron chi connectivity index (χ0n) is 17.8. The number of nitrogens with zero attached hydrogens (tertiary/aromatic N) is 3. The number of hydrogen-bond acceptors (Lipinski definition) is 3. The lowest BCUT2D eigenvalue weighted by Crippen LogP contribution is -2.40. The van der Waals surface area contributed by atoms with E-state index in [4.69, 9.17) is 4.99 Å². The average molecular weight is 513 g/mol. The molecule has 0 aliphatic heterocycles. The molecule has 162 valence electrons. The Morgan fingerprint density at radius 2 is 2.00 bits per heavy atom. The van der Waals surface area contributed by atoms with Gasteiger partial charge in [-0.2, -0.15) is 5.10 Å². The third-order valence-corrected chi connectivity index (χ3v) is 4.56. The number of nitrogens with one attached hydrogen (secondary N) is 2. The van der Waals surface area contributed by atoms with Crippen LogP contribution < -0.4 is 10.6 Å². The molecule has 7 heteroatoms. The summed E-state index contributed by atoms with van der Waals surface area (Å²) >= 11 is 0. The first-order chi connectivity index (χ1) is 13.6. The molecule has 0 saturated carbocycles. The van der Waals surface area contributed by atoms with E-state index in [2.05, 4.69) is 60.8 Å². The quantitative estimate of drug-likeness (QED) is 0.244. The van der Waals surface area contributed by atoms with Crippen molar-refractivity contribution in [2.24, 2.45) is 16.8 Å². The van der Waals surface area contributed by atoms with E-state index >= 15 is 0 Å². The van der Waals surface area contributed by atoms with Gasteiger partial charge in [0, 0.05) is 32.1 Å². The molecule has 0 radical (unpaired) electrons. The Bertz CT molecular complexity index is 703. The molecule has 0 spiro atoms. The van der Waals surface area contributed by atoms with Crippen LogP contribution in [0.15, 0.2) is 47.7 Å². The summed E-state index contributed by atoms with van der Waals surface area (Å²) in [7, 11) is 0. The molecular weight excluding hydrogens is 477 g/mol. The van der Waals surface area contributed by atoms with Gasteiger partial charge in [0.15, 0.2) is 5.96 Å². The highest BCUT2D eigenvalue weighted by Gasteiger charge is 2.11. The Morgan fingerprint density at radius 3 is 2.66 bits per heavy atom. The number of rotatable bonds is 11. The lowest BCUT2D eigenvalue weighted by atomic mass is 9.94. The normalized spacial score (nSPS) is 12.5. The summed E-state index contributed by atoms with van der Waals surface area (Å²) in [5.74, 6) is 1.90. The molecule has 0 aliphatic carbocycles. The largest absolute Gasteiger partial charge is 0.396 e. The predicted octanol–water partition coefficient (Wildman–Crippen LogP) is 3.65. The molecule has 0 amide bonds. The molecular formula is C22H36IN5O. The highest BCUT2D eigenvalue weighted by molar-refractivity contribution is 14.0. The summed E-state index contributed by atoms with van der Waals surface area (Å²) in [4.78, 5) is 4.74. The van der Waals surface area contributed by atoms with E-state index < -0.39 is 0 Å². The van der Waals surface area contributed by atoms with Crippen LogP contribution in [0.25, 0.3) is 0 Å². The number of halogens is 1. The Labute approximate surface area is 192 Å². The van der Waals surface area contributed by atoms with Crippen LogP contribution in [0.2, 0.25) is 0 Å². The third kappa shape index (κ3) is 10.1. The van der Waals surface area contributed by atoms with Crippen LogP contribution >= 0.6 is 24.0 Å². The molecule has 1 aromatic carbocycles. The highest BCUT2D eigenvalue weighted by Crippen LogP contribution is 2.14. The molecule has 0 aliphatic rings. The Morgan fingerprint density at radius 1 is 1.21 bits per heavy atom. The van der Waals surface area contributed by atoms with Crippen LogP contribution in [-0.4, -0.2) is 40.5 Å². The SMILES string of the molecule is CCNC(=NCc1cccc(Cn2cccn2)c1)NCC(CCO)CC(C)C.I. The third-order valence-electron chi connectivity index (χ3n) is 4.56. The first-order valence-corrected chi connectivity index (χ1v) is 10.3. The summed E-state index contributed by atoms with van der Waals surface area (Å²) in [5, 5.41) is 20.3. The maximum Gasteiger partial charge on any atom is 0.191 e. The highest BCUT2D eigenvalue weighted by atomic mass is 127. The van der Waals surface area contributed by atoms with Gasteiger partial charge >= 0.3 is 0 Å². The maximum atomic E-state index is 9.31. The van der Waals surface area contributed by atoms with Crippen molar-refractivity contribution in [3.8, 4) is 0 Å². The van der Waals surface area contributed by atoms with Crippen molar-refractivity contribution in [2.75, 3.05) is 19.7 Å². The molecule has 1 heterocycles. The van der Waals surface area contributed by atoms with Gasteiger partial charge < -0.3 is 15.7 Å². The van der Waals surface area contributed by atoms with Gasteiger partial charge in [0.1, 0.15) is 0 Å². The minimum Gasteiger partial charge on any atom is -0.396 e. The summed E-state index contributed by atoms with van der Waals surface area (Å²) in [6, 6.07) is 10.4. The molecule has 2 aromatic rings. The van der Waals surface area contributed by atoms with E-state index in [0.29, 0.717) is 18.4 Å². The summed E-state index contributed by atoms with van der Waals surface area (Å²) in [5.41, 5.74) is 2.39. The van der Waals surface area contributed by atoms with E-state index in [1.807, 2.05) is 16.9 Å². The Kier molecular flexibility index (Phi) is 12.6. The number of benzene rings is 1. The lowest BCUT2D eigenvalue weighted by Gasteiger charge is -2.20. The van der Waals surface area contributed by atoms with Crippen molar-refractivity contribution >= 4 is 29.9 Å². The molecule has 2 rings (SSSR count). The van der Waals surface area contributed by atoms with Gasteiger partial charge in [-0.25, -0.2) is 4.99 Å². The van der Waals surface area contributed by atoms with Crippen LogP contribution in [0.1, 0.15) is 44.7 Å². The minimum atomic E-state index is 0. The molecule has 29 heavy (non-hydrogen) atoms. The fourth-order valence-corrected chi connectivity index (χ4v) is 3.31. The van der Waals surface area contributed by atoms with Crippen molar-refractivity contribution in [1.29, 1.82) is 0 Å². The first kappa shape index (κ1) is 25.4. The van der Waals surface area contributed by atoms with E-state index in [-0.39, 0.29) is 30.6 Å². The molecule has 6 nitrogen and oxygen atoms in total. The minimum absolute atomic E-state index is 0. The number of aliphatic hydroxyl groups excluding tert-OH is 1. The van der Waals surface area contributed by atoms with Crippen molar-refractivity contribution in [1.82, 2.24) is 20.4 Å². The van der Waals surface area contributed by atoms with E-state index in [1.165, 1.54) is 11.1 Å². The van der Waals surface area contributed by atoms with Gasteiger partial charge in [0.05, 0.1) is 13.1 Å². The van der Waals surface area contributed by atoms with Crippen molar-refractivity contribution in [2.45, 2.75) is 46.7 Å². The maximum absolute atomic E-state index is 9.31. The number of aliphatic imine (C=N–C) groups is 1.